The van der Waals surface area contributed by atoms with Gasteiger partial charge in [-0.25, -0.2) is 8.42 Å². The molecule has 5 nitrogen and oxygen atoms in total. The Morgan fingerprint density at radius 3 is 2.50 bits per heavy atom. The summed E-state index contributed by atoms with van der Waals surface area (Å²) in [7, 11) is -1.99. The van der Waals surface area contributed by atoms with Crippen LogP contribution in [0.1, 0.15) is 12.5 Å². The fourth-order valence-electron chi connectivity index (χ4n) is 2.09. The molecule has 1 N–H and O–H groups in total. The summed E-state index contributed by atoms with van der Waals surface area (Å²) >= 11 is 0. The third-order valence-corrected chi connectivity index (χ3v) is 4.63. The van der Waals surface area contributed by atoms with Crippen molar-refractivity contribution in [3.8, 4) is 11.8 Å². The number of hydrogen-bond donors (Lipinski definition) is 1. The smallest absolute Gasteiger partial charge is 0.298 e. The first-order valence-electron chi connectivity index (χ1n) is 7.27. The highest BCUT2D eigenvalue weighted by Crippen LogP contribution is 2.17. The Morgan fingerprint density at radius 2 is 1.83 bits per heavy atom. The van der Waals surface area contributed by atoms with Gasteiger partial charge in [0, 0.05) is 19.3 Å². The quantitative estimate of drug-likeness (QED) is 0.849. The van der Waals surface area contributed by atoms with Crippen molar-refractivity contribution in [3.05, 3.63) is 60.2 Å². The van der Waals surface area contributed by atoms with Crippen molar-refractivity contribution in [2.24, 2.45) is 0 Å². The Hall–Kier alpha value is -2.78. The summed E-state index contributed by atoms with van der Waals surface area (Å²) in [5, 5.41) is 0. The molecule has 124 valence electrons. The number of amides is 1. The predicted molar refractivity (Wildman–Crippen MR) is 93.6 cm³/mol. The maximum Gasteiger partial charge on any atom is 0.298 e. The molecule has 0 bridgehead atoms. The van der Waals surface area contributed by atoms with Gasteiger partial charge < -0.3 is 4.90 Å². The first kappa shape index (κ1) is 17.6. The molecule has 2 aromatic carbocycles. The van der Waals surface area contributed by atoms with E-state index in [0.717, 1.165) is 5.56 Å². The molecule has 0 saturated carbocycles. The Labute approximate surface area is 142 Å². The van der Waals surface area contributed by atoms with Crippen LogP contribution in [0.4, 0.5) is 5.69 Å². The molecule has 2 aromatic rings. The molecule has 0 radical (unpaired) electrons. The van der Waals surface area contributed by atoms with Gasteiger partial charge in [-0.3, -0.25) is 9.52 Å². The summed E-state index contributed by atoms with van der Waals surface area (Å²) in [6.45, 7) is 1.94. The molecule has 0 aliphatic rings. The molecule has 6 heteroatoms. The summed E-state index contributed by atoms with van der Waals surface area (Å²) in [6, 6.07) is 15.1. The molecule has 0 aliphatic carbocycles. The molecule has 0 fully saturated rings. The first-order chi connectivity index (χ1) is 11.4. The van der Waals surface area contributed by atoms with Crippen molar-refractivity contribution in [2.45, 2.75) is 18.4 Å². The number of hydrogen-bond acceptors (Lipinski definition) is 3. The average molecular weight is 342 g/mol. The second-order valence-electron chi connectivity index (χ2n) is 5.16. The standard InChI is InChI=1S/C18H18N2O3S/c1-3-8-18(21)20(2)14-15-9-7-10-16(13-15)19-24(22,23)17-11-5-4-6-12-17/h4-7,9-13,19H,14H2,1-2H3. The van der Waals surface area contributed by atoms with Crippen LogP contribution < -0.4 is 4.72 Å². The Balaban J connectivity index is 2.16. The number of nitrogens with one attached hydrogen (secondary N) is 1. The summed E-state index contributed by atoms with van der Waals surface area (Å²) in [5.74, 6) is 4.74. The lowest BCUT2D eigenvalue weighted by molar-refractivity contribution is -0.124. The summed E-state index contributed by atoms with van der Waals surface area (Å²) in [4.78, 5) is 13.4. The molecule has 0 aliphatic heterocycles. The zero-order valence-electron chi connectivity index (χ0n) is 13.5. The van der Waals surface area contributed by atoms with Crippen molar-refractivity contribution in [2.75, 3.05) is 11.8 Å². The van der Waals surface area contributed by atoms with Gasteiger partial charge in [-0.15, -0.1) is 0 Å². The van der Waals surface area contributed by atoms with Crippen LogP contribution in [0.25, 0.3) is 0 Å². The van der Waals surface area contributed by atoms with Gasteiger partial charge in [0.05, 0.1) is 4.90 Å². The minimum Gasteiger partial charge on any atom is -0.331 e. The molecule has 24 heavy (non-hydrogen) atoms. The third-order valence-electron chi connectivity index (χ3n) is 3.23. The first-order valence-corrected chi connectivity index (χ1v) is 8.75. The average Bonchev–Trinajstić information content (AvgIpc) is 2.56. The minimum atomic E-state index is -3.64. The lowest BCUT2D eigenvalue weighted by Crippen LogP contribution is -2.24. The molecule has 0 unspecified atom stereocenters. The summed E-state index contributed by atoms with van der Waals surface area (Å²) in [5.41, 5.74) is 1.25. The Kier molecular flexibility index (Phi) is 5.61. The van der Waals surface area contributed by atoms with E-state index in [-0.39, 0.29) is 10.8 Å². The lowest BCUT2D eigenvalue weighted by atomic mass is 10.2. The van der Waals surface area contributed by atoms with Gasteiger partial charge in [-0.05, 0) is 42.7 Å². The number of carbonyl (C=O) groups excluding carboxylic acids is 1. The van der Waals surface area contributed by atoms with Crippen molar-refractivity contribution in [3.63, 3.8) is 0 Å². The lowest BCUT2D eigenvalue weighted by Gasteiger charge is -2.15. The van der Waals surface area contributed by atoms with Crippen LogP contribution in [0.2, 0.25) is 0 Å². The molecular weight excluding hydrogens is 324 g/mol. The van der Waals surface area contributed by atoms with Crippen LogP contribution in [0.15, 0.2) is 59.5 Å². The Morgan fingerprint density at radius 1 is 1.12 bits per heavy atom. The van der Waals surface area contributed by atoms with E-state index < -0.39 is 10.0 Å². The number of rotatable bonds is 5. The van der Waals surface area contributed by atoms with Crippen LogP contribution in [0.3, 0.4) is 0 Å². The van der Waals surface area contributed by atoms with Gasteiger partial charge in [0.25, 0.3) is 15.9 Å². The van der Waals surface area contributed by atoms with E-state index >= 15 is 0 Å². The number of anilines is 1. The number of benzene rings is 2. The van der Waals surface area contributed by atoms with Crippen molar-refractivity contribution in [1.29, 1.82) is 0 Å². The van der Waals surface area contributed by atoms with Gasteiger partial charge in [0.15, 0.2) is 0 Å². The van der Waals surface area contributed by atoms with E-state index in [1.807, 2.05) is 6.07 Å². The molecule has 0 heterocycles. The highest BCUT2D eigenvalue weighted by atomic mass is 32.2. The SMILES string of the molecule is CC#CC(=O)N(C)Cc1cccc(NS(=O)(=O)c2ccccc2)c1. The van der Waals surface area contributed by atoms with E-state index in [1.54, 1.807) is 50.4 Å². The Bertz CT molecular complexity index is 881. The normalized spacial score (nSPS) is 10.4. The van der Waals surface area contributed by atoms with Crippen LogP contribution in [0, 0.1) is 11.8 Å². The second-order valence-corrected chi connectivity index (χ2v) is 6.84. The van der Waals surface area contributed by atoms with E-state index in [4.69, 9.17) is 0 Å². The topological polar surface area (TPSA) is 66.5 Å². The van der Waals surface area contributed by atoms with Crippen molar-refractivity contribution >= 4 is 21.6 Å². The van der Waals surface area contributed by atoms with Crippen molar-refractivity contribution in [1.82, 2.24) is 4.90 Å². The highest BCUT2D eigenvalue weighted by Gasteiger charge is 2.14. The van der Waals surface area contributed by atoms with Crippen LogP contribution in [-0.2, 0) is 21.4 Å². The molecular formula is C18H18N2O3S. The monoisotopic (exact) mass is 342 g/mol. The van der Waals surface area contributed by atoms with E-state index in [2.05, 4.69) is 16.6 Å². The second kappa shape index (κ2) is 7.66. The third kappa shape index (κ3) is 4.61. The summed E-state index contributed by atoms with van der Waals surface area (Å²) < 4.78 is 27.2. The fraction of sp³-hybridized carbons (Fsp3) is 0.167. The van der Waals surface area contributed by atoms with Gasteiger partial charge in [-0.1, -0.05) is 36.3 Å². The predicted octanol–water partition coefficient (Wildman–Crippen LogP) is 2.47. The van der Waals surface area contributed by atoms with Crippen LogP contribution in [-0.4, -0.2) is 26.3 Å². The van der Waals surface area contributed by atoms with Crippen LogP contribution in [0.5, 0.6) is 0 Å². The van der Waals surface area contributed by atoms with Crippen molar-refractivity contribution < 1.29 is 13.2 Å². The van der Waals surface area contributed by atoms with E-state index in [0.29, 0.717) is 12.2 Å². The zero-order chi connectivity index (χ0) is 17.6. The van der Waals surface area contributed by atoms with E-state index in [1.165, 1.54) is 17.0 Å². The maximum atomic E-state index is 12.3. The highest BCUT2D eigenvalue weighted by molar-refractivity contribution is 7.92. The van der Waals surface area contributed by atoms with Crippen LogP contribution >= 0.6 is 0 Å². The molecule has 0 atom stereocenters. The summed E-state index contributed by atoms with van der Waals surface area (Å²) in [6.07, 6.45) is 0. The number of carbonyl (C=O) groups is 1. The zero-order valence-corrected chi connectivity index (χ0v) is 14.3. The number of nitrogens with zero attached hydrogens (tertiary/aromatic N) is 1. The van der Waals surface area contributed by atoms with Gasteiger partial charge in [0.2, 0.25) is 0 Å². The minimum absolute atomic E-state index is 0.195. The van der Waals surface area contributed by atoms with Gasteiger partial charge >= 0.3 is 0 Å². The number of sulfonamides is 1. The molecule has 0 saturated heterocycles. The molecule has 0 aromatic heterocycles. The van der Waals surface area contributed by atoms with E-state index in [9.17, 15) is 13.2 Å². The fourth-order valence-corrected chi connectivity index (χ4v) is 3.17. The van der Waals surface area contributed by atoms with Gasteiger partial charge in [0.1, 0.15) is 0 Å². The van der Waals surface area contributed by atoms with Gasteiger partial charge in [-0.2, -0.15) is 0 Å². The molecule has 0 spiro atoms. The maximum absolute atomic E-state index is 12.3. The largest absolute Gasteiger partial charge is 0.331 e. The molecule has 2 rings (SSSR count). The molecule has 1 amide bonds.